The summed E-state index contributed by atoms with van der Waals surface area (Å²) in [6, 6.07) is 19.9. The lowest BCUT2D eigenvalue weighted by Crippen LogP contribution is -2.46. The Morgan fingerprint density at radius 3 is 2.42 bits per heavy atom. The SMILES string of the molecule is CCN1CCN(c2ccc(NC(=O)CNC(=O)Cc3cccc4ccccc34)cc2C)CC1. The van der Waals surface area contributed by atoms with Gasteiger partial charge in [-0.15, -0.1) is 0 Å². The van der Waals surface area contributed by atoms with Crippen molar-refractivity contribution in [1.29, 1.82) is 0 Å². The highest BCUT2D eigenvalue weighted by atomic mass is 16.2. The Kier molecular flexibility index (Phi) is 7.25. The van der Waals surface area contributed by atoms with E-state index in [1.807, 2.05) is 54.6 Å². The van der Waals surface area contributed by atoms with Gasteiger partial charge in [-0.05, 0) is 53.6 Å². The van der Waals surface area contributed by atoms with Crippen LogP contribution in [0.4, 0.5) is 11.4 Å². The molecule has 1 heterocycles. The van der Waals surface area contributed by atoms with Crippen LogP contribution in [0, 0.1) is 6.92 Å². The molecule has 0 aromatic heterocycles. The molecule has 4 rings (SSSR count). The first kappa shape index (κ1) is 22.8. The topological polar surface area (TPSA) is 64.7 Å². The molecular weight excluding hydrogens is 412 g/mol. The number of carbonyl (C=O) groups excluding carboxylic acids is 2. The summed E-state index contributed by atoms with van der Waals surface area (Å²) in [5, 5.41) is 7.80. The molecule has 0 spiro atoms. The van der Waals surface area contributed by atoms with Gasteiger partial charge in [0.05, 0.1) is 13.0 Å². The zero-order chi connectivity index (χ0) is 23.2. The number of likely N-dealkylation sites (N-methyl/N-ethyl adjacent to an activating group) is 1. The fourth-order valence-electron chi connectivity index (χ4n) is 4.46. The lowest BCUT2D eigenvalue weighted by molar-refractivity contribution is -0.123. The van der Waals surface area contributed by atoms with Gasteiger partial charge in [-0.3, -0.25) is 9.59 Å². The largest absolute Gasteiger partial charge is 0.369 e. The number of benzene rings is 3. The number of fused-ring (bicyclic) bond motifs is 1. The van der Waals surface area contributed by atoms with Crippen LogP contribution in [0.25, 0.3) is 10.8 Å². The molecule has 0 unspecified atom stereocenters. The third-order valence-electron chi connectivity index (χ3n) is 6.32. The molecule has 172 valence electrons. The Morgan fingerprint density at radius 2 is 1.67 bits per heavy atom. The fourth-order valence-corrected chi connectivity index (χ4v) is 4.46. The summed E-state index contributed by atoms with van der Waals surface area (Å²) in [6.45, 7) is 9.50. The van der Waals surface area contributed by atoms with Crippen LogP contribution >= 0.6 is 0 Å². The fraction of sp³-hybridized carbons (Fsp3) is 0.333. The van der Waals surface area contributed by atoms with Gasteiger partial charge in [0.2, 0.25) is 11.8 Å². The Balaban J connectivity index is 1.29. The van der Waals surface area contributed by atoms with Crippen LogP contribution in [0.3, 0.4) is 0 Å². The molecule has 2 amide bonds. The Morgan fingerprint density at radius 1 is 0.909 bits per heavy atom. The molecule has 0 atom stereocenters. The van der Waals surface area contributed by atoms with Crippen molar-refractivity contribution in [1.82, 2.24) is 10.2 Å². The van der Waals surface area contributed by atoms with Crippen molar-refractivity contribution in [2.45, 2.75) is 20.3 Å². The van der Waals surface area contributed by atoms with E-state index in [4.69, 9.17) is 0 Å². The zero-order valence-electron chi connectivity index (χ0n) is 19.4. The minimum atomic E-state index is -0.232. The Hall–Kier alpha value is -3.38. The number of anilines is 2. The van der Waals surface area contributed by atoms with E-state index in [9.17, 15) is 9.59 Å². The van der Waals surface area contributed by atoms with Crippen molar-refractivity contribution < 1.29 is 9.59 Å². The molecule has 33 heavy (non-hydrogen) atoms. The molecule has 2 N–H and O–H groups in total. The molecule has 1 saturated heterocycles. The van der Waals surface area contributed by atoms with Crippen molar-refractivity contribution >= 4 is 34.0 Å². The molecule has 6 heteroatoms. The number of piperazine rings is 1. The van der Waals surface area contributed by atoms with E-state index < -0.39 is 0 Å². The summed E-state index contributed by atoms with van der Waals surface area (Å²) < 4.78 is 0. The number of nitrogens with zero attached hydrogens (tertiary/aromatic N) is 2. The van der Waals surface area contributed by atoms with E-state index >= 15 is 0 Å². The van der Waals surface area contributed by atoms with Crippen LogP contribution in [0.2, 0.25) is 0 Å². The standard InChI is InChI=1S/C27H32N4O2/c1-3-30-13-15-31(16-14-30)25-12-11-23(17-20(25)2)29-27(33)19-28-26(32)18-22-9-6-8-21-7-4-5-10-24(21)22/h4-12,17H,3,13-16,18-19H2,1-2H3,(H,28,32)(H,29,33). The summed E-state index contributed by atoms with van der Waals surface area (Å²) in [6.07, 6.45) is 0.244. The first-order chi connectivity index (χ1) is 16.0. The Labute approximate surface area is 195 Å². The summed E-state index contributed by atoms with van der Waals surface area (Å²) >= 11 is 0. The minimum Gasteiger partial charge on any atom is -0.369 e. The number of aryl methyl sites for hydroxylation is 1. The van der Waals surface area contributed by atoms with Crippen molar-refractivity contribution in [3.63, 3.8) is 0 Å². The minimum absolute atomic E-state index is 0.0522. The van der Waals surface area contributed by atoms with Gasteiger partial charge in [0, 0.05) is 37.6 Å². The van der Waals surface area contributed by atoms with Crippen LogP contribution in [0.5, 0.6) is 0 Å². The van der Waals surface area contributed by atoms with Crippen LogP contribution in [-0.2, 0) is 16.0 Å². The number of rotatable bonds is 7. The summed E-state index contributed by atoms with van der Waals surface area (Å²) in [7, 11) is 0. The van der Waals surface area contributed by atoms with E-state index in [1.165, 1.54) is 5.69 Å². The Bertz CT molecular complexity index is 1130. The predicted molar refractivity (Wildman–Crippen MR) is 135 cm³/mol. The summed E-state index contributed by atoms with van der Waals surface area (Å²) in [5.41, 5.74) is 4.05. The van der Waals surface area contributed by atoms with Crippen LogP contribution in [0.15, 0.2) is 60.7 Å². The first-order valence-corrected chi connectivity index (χ1v) is 11.6. The van der Waals surface area contributed by atoms with Crippen LogP contribution in [-0.4, -0.2) is 56.0 Å². The number of hydrogen-bond acceptors (Lipinski definition) is 4. The van der Waals surface area contributed by atoms with Gasteiger partial charge in [0.1, 0.15) is 0 Å². The normalized spacial score (nSPS) is 14.3. The van der Waals surface area contributed by atoms with Crippen molar-refractivity contribution in [3.8, 4) is 0 Å². The molecule has 1 aliphatic rings. The number of carbonyl (C=O) groups is 2. The van der Waals surface area contributed by atoms with Crippen molar-refractivity contribution in [2.75, 3.05) is 49.5 Å². The number of hydrogen-bond donors (Lipinski definition) is 2. The second-order valence-corrected chi connectivity index (χ2v) is 8.56. The molecule has 6 nitrogen and oxygen atoms in total. The van der Waals surface area contributed by atoms with Gasteiger partial charge in [-0.1, -0.05) is 49.4 Å². The van der Waals surface area contributed by atoms with Crippen LogP contribution < -0.4 is 15.5 Å². The molecule has 0 saturated carbocycles. The first-order valence-electron chi connectivity index (χ1n) is 11.6. The average Bonchev–Trinajstić information content (AvgIpc) is 2.83. The zero-order valence-corrected chi connectivity index (χ0v) is 19.4. The lowest BCUT2D eigenvalue weighted by Gasteiger charge is -2.36. The maximum atomic E-state index is 12.4. The quantitative estimate of drug-likeness (QED) is 0.585. The highest BCUT2D eigenvalue weighted by molar-refractivity contribution is 5.96. The second-order valence-electron chi connectivity index (χ2n) is 8.56. The van der Waals surface area contributed by atoms with Crippen LogP contribution in [0.1, 0.15) is 18.1 Å². The summed E-state index contributed by atoms with van der Waals surface area (Å²) in [4.78, 5) is 29.7. The van der Waals surface area contributed by atoms with Gasteiger partial charge in [-0.2, -0.15) is 0 Å². The predicted octanol–water partition coefficient (Wildman–Crippen LogP) is 3.59. The molecule has 1 aliphatic heterocycles. The van der Waals surface area contributed by atoms with E-state index in [2.05, 4.69) is 40.3 Å². The number of nitrogens with one attached hydrogen (secondary N) is 2. The summed E-state index contributed by atoms with van der Waals surface area (Å²) in [5.74, 6) is -0.399. The third-order valence-corrected chi connectivity index (χ3v) is 6.32. The lowest BCUT2D eigenvalue weighted by atomic mass is 10.0. The van der Waals surface area contributed by atoms with E-state index in [-0.39, 0.29) is 24.8 Å². The maximum absolute atomic E-state index is 12.4. The average molecular weight is 445 g/mol. The highest BCUT2D eigenvalue weighted by Crippen LogP contribution is 2.25. The molecule has 1 fully saturated rings. The third kappa shape index (κ3) is 5.71. The van der Waals surface area contributed by atoms with Gasteiger partial charge in [0.15, 0.2) is 0 Å². The smallest absolute Gasteiger partial charge is 0.243 e. The molecule has 3 aromatic rings. The van der Waals surface area contributed by atoms with Crippen molar-refractivity contribution in [3.05, 3.63) is 71.8 Å². The molecule has 0 aliphatic carbocycles. The van der Waals surface area contributed by atoms with E-state index in [0.717, 1.165) is 60.3 Å². The van der Waals surface area contributed by atoms with Gasteiger partial charge < -0.3 is 20.4 Å². The molecule has 0 radical (unpaired) electrons. The van der Waals surface area contributed by atoms with E-state index in [0.29, 0.717) is 0 Å². The maximum Gasteiger partial charge on any atom is 0.243 e. The van der Waals surface area contributed by atoms with Crippen molar-refractivity contribution in [2.24, 2.45) is 0 Å². The van der Waals surface area contributed by atoms with E-state index in [1.54, 1.807) is 0 Å². The van der Waals surface area contributed by atoms with Gasteiger partial charge in [-0.25, -0.2) is 0 Å². The number of amides is 2. The monoisotopic (exact) mass is 444 g/mol. The molecule has 3 aromatic carbocycles. The molecular formula is C27H32N4O2. The molecule has 0 bridgehead atoms. The highest BCUT2D eigenvalue weighted by Gasteiger charge is 2.17. The van der Waals surface area contributed by atoms with Gasteiger partial charge in [0.25, 0.3) is 0 Å². The second kappa shape index (κ2) is 10.5. The van der Waals surface area contributed by atoms with Gasteiger partial charge >= 0.3 is 0 Å².